The van der Waals surface area contributed by atoms with Gasteiger partial charge >= 0.3 is 0 Å². The van der Waals surface area contributed by atoms with Crippen molar-refractivity contribution in [1.29, 1.82) is 0 Å². The van der Waals surface area contributed by atoms with E-state index in [2.05, 4.69) is 15.3 Å². The second-order valence-electron chi connectivity index (χ2n) is 7.00. The third-order valence-electron chi connectivity index (χ3n) is 4.94. The molecule has 7 heteroatoms. The second kappa shape index (κ2) is 9.22. The molecular formula is C22H23ClN4O2. The molecule has 1 aromatic heterocycles. The van der Waals surface area contributed by atoms with Gasteiger partial charge in [0, 0.05) is 36.2 Å². The number of hydrogen-bond acceptors (Lipinski definition) is 4. The Bertz CT molecular complexity index is 938. The molecule has 29 heavy (non-hydrogen) atoms. The summed E-state index contributed by atoms with van der Waals surface area (Å²) in [5.41, 5.74) is 2.76. The largest absolute Gasteiger partial charge is 0.379 e. The van der Waals surface area contributed by atoms with Gasteiger partial charge in [0.2, 0.25) is 5.91 Å². The number of carbonyl (C=O) groups excluding carboxylic acids is 1. The third-order valence-corrected chi connectivity index (χ3v) is 5.20. The van der Waals surface area contributed by atoms with Gasteiger partial charge in [-0.05, 0) is 41.5 Å². The summed E-state index contributed by atoms with van der Waals surface area (Å²) in [6.45, 7) is 3.31. The van der Waals surface area contributed by atoms with Crippen molar-refractivity contribution in [2.75, 3.05) is 31.6 Å². The van der Waals surface area contributed by atoms with Gasteiger partial charge in [-0.2, -0.15) is 5.10 Å². The average Bonchev–Trinajstić information content (AvgIpc) is 3.24. The van der Waals surface area contributed by atoms with Gasteiger partial charge in [0.05, 0.1) is 19.8 Å². The minimum Gasteiger partial charge on any atom is -0.379 e. The number of ether oxygens (including phenoxy) is 1. The number of nitrogens with one attached hydrogen (secondary N) is 1. The van der Waals surface area contributed by atoms with Crippen molar-refractivity contribution in [2.24, 2.45) is 0 Å². The molecule has 4 rings (SSSR count). The molecule has 1 saturated heterocycles. The van der Waals surface area contributed by atoms with E-state index in [1.807, 2.05) is 65.5 Å². The highest BCUT2D eigenvalue weighted by Crippen LogP contribution is 2.25. The lowest BCUT2D eigenvalue weighted by molar-refractivity contribution is -0.123. The Morgan fingerprint density at radius 1 is 1.14 bits per heavy atom. The Hall–Kier alpha value is -2.67. The molecule has 1 unspecified atom stereocenters. The molecule has 0 bridgehead atoms. The second-order valence-corrected chi connectivity index (χ2v) is 7.43. The number of benzene rings is 2. The predicted octanol–water partition coefficient (Wildman–Crippen LogP) is 3.60. The standard InChI is InChI=1S/C22H23ClN4O2/c23-19-7-5-18(6-8-19)21(26-11-13-29-14-12-26)22(28)25-20-4-1-3-17(15-20)16-27-10-2-9-24-27/h1-10,15,21H,11-14,16H2,(H,25,28). The number of amides is 1. The molecule has 0 aliphatic carbocycles. The molecule has 1 atom stereocenters. The number of anilines is 1. The van der Waals surface area contributed by atoms with Crippen LogP contribution in [0.1, 0.15) is 17.2 Å². The normalized spacial score (nSPS) is 15.8. The van der Waals surface area contributed by atoms with E-state index in [0.717, 1.165) is 16.8 Å². The maximum absolute atomic E-state index is 13.3. The van der Waals surface area contributed by atoms with Gasteiger partial charge in [0.25, 0.3) is 0 Å². The first-order valence-electron chi connectivity index (χ1n) is 9.63. The lowest BCUT2D eigenvalue weighted by Gasteiger charge is -2.33. The fourth-order valence-corrected chi connectivity index (χ4v) is 3.67. The summed E-state index contributed by atoms with van der Waals surface area (Å²) in [5.74, 6) is -0.0644. The Balaban J connectivity index is 1.53. The van der Waals surface area contributed by atoms with Crippen LogP contribution in [-0.2, 0) is 16.1 Å². The van der Waals surface area contributed by atoms with Crippen molar-refractivity contribution in [3.8, 4) is 0 Å². The monoisotopic (exact) mass is 410 g/mol. The summed E-state index contributed by atoms with van der Waals surface area (Å²) in [6, 6.07) is 16.8. The van der Waals surface area contributed by atoms with E-state index < -0.39 is 6.04 Å². The number of morpholine rings is 1. The maximum atomic E-state index is 13.3. The molecule has 1 aliphatic rings. The molecule has 1 N–H and O–H groups in total. The Kier molecular flexibility index (Phi) is 6.24. The molecule has 1 aliphatic heterocycles. The van der Waals surface area contributed by atoms with Crippen molar-refractivity contribution in [1.82, 2.24) is 14.7 Å². The Morgan fingerprint density at radius 3 is 2.66 bits per heavy atom. The number of carbonyl (C=O) groups is 1. The summed E-state index contributed by atoms with van der Waals surface area (Å²) >= 11 is 6.05. The minimum absolute atomic E-state index is 0.0644. The highest BCUT2D eigenvalue weighted by molar-refractivity contribution is 6.30. The molecule has 2 aromatic carbocycles. The topological polar surface area (TPSA) is 59.4 Å². The SMILES string of the molecule is O=C(Nc1cccc(Cn2cccn2)c1)C(c1ccc(Cl)cc1)N1CCOCC1. The van der Waals surface area contributed by atoms with Gasteiger partial charge in [-0.25, -0.2) is 0 Å². The van der Waals surface area contributed by atoms with E-state index in [1.54, 1.807) is 6.20 Å². The van der Waals surface area contributed by atoms with Crippen LogP contribution in [0.5, 0.6) is 0 Å². The van der Waals surface area contributed by atoms with Crippen LogP contribution < -0.4 is 5.32 Å². The van der Waals surface area contributed by atoms with Crippen LogP contribution in [0.4, 0.5) is 5.69 Å². The van der Waals surface area contributed by atoms with Crippen LogP contribution in [-0.4, -0.2) is 46.9 Å². The summed E-state index contributed by atoms with van der Waals surface area (Å²) in [4.78, 5) is 15.4. The zero-order chi connectivity index (χ0) is 20.1. The number of aromatic nitrogens is 2. The minimum atomic E-state index is -0.397. The fraction of sp³-hybridized carbons (Fsp3) is 0.273. The molecule has 2 heterocycles. The number of nitrogens with zero attached hydrogens (tertiary/aromatic N) is 3. The van der Waals surface area contributed by atoms with E-state index in [0.29, 0.717) is 37.9 Å². The third kappa shape index (κ3) is 5.03. The summed E-state index contributed by atoms with van der Waals surface area (Å²) in [6.07, 6.45) is 3.67. The zero-order valence-corrected chi connectivity index (χ0v) is 16.8. The van der Waals surface area contributed by atoms with Crippen LogP contribution in [0, 0.1) is 0 Å². The van der Waals surface area contributed by atoms with Gasteiger partial charge in [-0.15, -0.1) is 0 Å². The molecule has 150 valence electrons. The van der Waals surface area contributed by atoms with Crippen molar-refractivity contribution in [3.05, 3.63) is 83.1 Å². The quantitative estimate of drug-likeness (QED) is 0.674. The smallest absolute Gasteiger partial charge is 0.246 e. The van der Waals surface area contributed by atoms with E-state index in [-0.39, 0.29) is 5.91 Å². The summed E-state index contributed by atoms with van der Waals surface area (Å²) in [5, 5.41) is 7.98. The van der Waals surface area contributed by atoms with E-state index in [4.69, 9.17) is 16.3 Å². The Morgan fingerprint density at radius 2 is 1.93 bits per heavy atom. The lowest BCUT2D eigenvalue weighted by Crippen LogP contribution is -2.43. The van der Waals surface area contributed by atoms with Crippen molar-refractivity contribution in [3.63, 3.8) is 0 Å². The fourth-order valence-electron chi connectivity index (χ4n) is 3.55. The summed E-state index contributed by atoms with van der Waals surface area (Å²) in [7, 11) is 0. The predicted molar refractivity (Wildman–Crippen MR) is 113 cm³/mol. The molecule has 0 spiro atoms. The first kappa shape index (κ1) is 19.6. The van der Waals surface area contributed by atoms with E-state index >= 15 is 0 Å². The molecular weight excluding hydrogens is 388 g/mol. The summed E-state index contributed by atoms with van der Waals surface area (Å²) < 4.78 is 7.32. The van der Waals surface area contributed by atoms with Crippen molar-refractivity contribution >= 4 is 23.2 Å². The van der Waals surface area contributed by atoms with Gasteiger partial charge in [-0.3, -0.25) is 14.4 Å². The molecule has 6 nitrogen and oxygen atoms in total. The van der Waals surface area contributed by atoms with Gasteiger partial charge in [0.1, 0.15) is 6.04 Å². The van der Waals surface area contributed by atoms with Gasteiger partial charge in [-0.1, -0.05) is 35.9 Å². The highest BCUT2D eigenvalue weighted by atomic mass is 35.5. The van der Waals surface area contributed by atoms with E-state index in [9.17, 15) is 4.79 Å². The number of halogens is 1. The molecule has 1 amide bonds. The maximum Gasteiger partial charge on any atom is 0.246 e. The van der Waals surface area contributed by atoms with Crippen LogP contribution in [0.3, 0.4) is 0 Å². The van der Waals surface area contributed by atoms with E-state index in [1.165, 1.54) is 0 Å². The van der Waals surface area contributed by atoms with Crippen LogP contribution in [0.15, 0.2) is 67.0 Å². The van der Waals surface area contributed by atoms with Crippen molar-refractivity contribution < 1.29 is 9.53 Å². The molecule has 0 radical (unpaired) electrons. The number of hydrogen-bond donors (Lipinski definition) is 1. The highest BCUT2D eigenvalue weighted by Gasteiger charge is 2.29. The van der Waals surface area contributed by atoms with Crippen LogP contribution >= 0.6 is 11.6 Å². The number of rotatable bonds is 6. The lowest BCUT2D eigenvalue weighted by atomic mass is 10.0. The van der Waals surface area contributed by atoms with Crippen molar-refractivity contribution in [2.45, 2.75) is 12.6 Å². The Labute approximate surface area is 175 Å². The van der Waals surface area contributed by atoms with Gasteiger partial charge < -0.3 is 10.1 Å². The van der Waals surface area contributed by atoms with Crippen LogP contribution in [0.25, 0.3) is 0 Å². The molecule has 3 aromatic rings. The zero-order valence-electron chi connectivity index (χ0n) is 16.0. The molecule has 1 fully saturated rings. The van der Waals surface area contributed by atoms with Gasteiger partial charge in [0.15, 0.2) is 0 Å². The molecule has 0 saturated carbocycles. The first-order chi connectivity index (χ1) is 14.2. The first-order valence-corrected chi connectivity index (χ1v) is 10.0. The van der Waals surface area contributed by atoms with Crippen LogP contribution in [0.2, 0.25) is 5.02 Å². The average molecular weight is 411 g/mol.